The molecule has 1 aliphatic rings. The van der Waals surface area contributed by atoms with Gasteiger partial charge in [-0.15, -0.1) is 0 Å². The molecule has 0 fully saturated rings. The first kappa shape index (κ1) is 19.7. The summed E-state index contributed by atoms with van der Waals surface area (Å²) in [6, 6.07) is 23.2. The summed E-state index contributed by atoms with van der Waals surface area (Å²) >= 11 is 0. The van der Waals surface area contributed by atoms with Gasteiger partial charge in [0.05, 0.1) is 12.2 Å². The lowest BCUT2D eigenvalue weighted by atomic mass is 10.1. The van der Waals surface area contributed by atoms with Crippen LogP contribution < -0.4 is 9.64 Å². The van der Waals surface area contributed by atoms with Crippen molar-refractivity contribution in [3.8, 4) is 5.75 Å². The third kappa shape index (κ3) is 4.20. The largest absolute Gasteiger partial charge is 0.482 e. The van der Waals surface area contributed by atoms with Gasteiger partial charge in [-0.1, -0.05) is 60.2 Å². The van der Waals surface area contributed by atoms with Crippen molar-refractivity contribution in [1.82, 2.24) is 4.90 Å². The van der Waals surface area contributed by atoms with Crippen LogP contribution in [0.15, 0.2) is 72.8 Å². The maximum Gasteiger partial charge on any atom is 0.265 e. The predicted molar refractivity (Wildman–Crippen MR) is 117 cm³/mol. The Morgan fingerprint density at radius 3 is 2.47 bits per heavy atom. The lowest BCUT2D eigenvalue weighted by molar-refractivity contribution is -0.121. The maximum absolute atomic E-state index is 13.0. The Kier molecular flexibility index (Phi) is 5.53. The van der Waals surface area contributed by atoms with Crippen LogP contribution in [0.2, 0.25) is 0 Å². The third-order valence-corrected chi connectivity index (χ3v) is 5.22. The van der Waals surface area contributed by atoms with Crippen LogP contribution in [-0.2, 0) is 17.9 Å². The number of nitrogens with zero attached hydrogens (tertiary/aromatic N) is 2. The summed E-state index contributed by atoms with van der Waals surface area (Å²) in [5.74, 6) is 0.393. The molecule has 30 heavy (non-hydrogen) atoms. The number of carbonyl (C=O) groups excluding carboxylic acids is 2. The van der Waals surface area contributed by atoms with E-state index in [0.29, 0.717) is 30.1 Å². The van der Waals surface area contributed by atoms with E-state index in [1.165, 1.54) is 5.56 Å². The highest BCUT2D eigenvalue weighted by molar-refractivity contribution is 6.01. The van der Waals surface area contributed by atoms with E-state index < -0.39 is 0 Å². The Labute approximate surface area is 176 Å². The van der Waals surface area contributed by atoms with Gasteiger partial charge < -0.3 is 14.5 Å². The average Bonchev–Trinajstić information content (AvgIpc) is 2.77. The predicted octanol–water partition coefficient (Wildman–Crippen LogP) is 4.19. The van der Waals surface area contributed by atoms with Crippen molar-refractivity contribution in [2.24, 2.45) is 0 Å². The van der Waals surface area contributed by atoms with Gasteiger partial charge in [0.15, 0.2) is 6.61 Å². The Bertz CT molecular complexity index is 1060. The van der Waals surface area contributed by atoms with Crippen LogP contribution in [0, 0.1) is 6.92 Å². The first-order valence-corrected chi connectivity index (χ1v) is 9.93. The first-order valence-electron chi connectivity index (χ1n) is 9.93. The average molecular weight is 400 g/mol. The number of amides is 2. The zero-order chi connectivity index (χ0) is 21.1. The van der Waals surface area contributed by atoms with Crippen molar-refractivity contribution in [1.29, 1.82) is 0 Å². The molecule has 0 aromatic heterocycles. The summed E-state index contributed by atoms with van der Waals surface area (Å²) in [4.78, 5) is 29.0. The molecule has 0 unspecified atom stereocenters. The zero-order valence-corrected chi connectivity index (χ0v) is 17.2. The number of carbonyl (C=O) groups is 2. The Morgan fingerprint density at radius 2 is 1.73 bits per heavy atom. The number of anilines is 1. The second-order valence-electron chi connectivity index (χ2n) is 7.58. The molecule has 152 valence electrons. The molecule has 0 saturated carbocycles. The molecule has 0 spiro atoms. The van der Waals surface area contributed by atoms with E-state index in [2.05, 4.69) is 0 Å². The minimum Gasteiger partial charge on any atom is -0.482 e. The van der Waals surface area contributed by atoms with Gasteiger partial charge in [0.1, 0.15) is 5.75 Å². The number of ether oxygens (including phenoxy) is 1. The van der Waals surface area contributed by atoms with Crippen LogP contribution in [0.3, 0.4) is 0 Å². The van der Waals surface area contributed by atoms with Gasteiger partial charge in [0.2, 0.25) is 0 Å². The lowest BCUT2D eigenvalue weighted by Crippen LogP contribution is -2.38. The molecule has 1 aliphatic heterocycles. The molecule has 0 atom stereocenters. The minimum atomic E-state index is -0.120. The topological polar surface area (TPSA) is 49.9 Å². The molecule has 0 N–H and O–H groups in total. The number of benzene rings is 3. The highest BCUT2D eigenvalue weighted by Gasteiger charge is 2.27. The molecule has 3 aromatic rings. The molecular formula is C25H24N2O3. The Morgan fingerprint density at radius 1 is 1.00 bits per heavy atom. The van der Waals surface area contributed by atoms with Gasteiger partial charge in [-0.25, -0.2) is 0 Å². The van der Waals surface area contributed by atoms with Gasteiger partial charge in [-0.3, -0.25) is 9.59 Å². The molecule has 5 nitrogen and oxygen atoms in total. The quantitative estimate of drug-likeness (QED) is 0.645. The van der Waals surface area contributed by atoms with Crippen LogP contribution in [0.25, 0.3) is 0 Å². The maximum atomic E-state index is 13.0. The van der Waals surface area contributed by atoms with Crippen LogP contribution in [0.4, 0.5) is 5.69 Å². The summed E-state index contributed by atoms with van der Waals surface area (Å²) in [6.07, 6.45) is 0. The minimum absolute atomic E-state index is 0.0000639. The van der Waals surface area contributed by atoms with E-state index in [0.717, 1.165) is 11.1 Å². The van der Waals surface area contributed by atoms with Gasteiger partial charge >= 0.3 is 0 Å². The third-order valence-electron chi connectivity index (χ3n) is 5.22. The first-order chi connectivity index (χ1) is 14.5. The summed E-state index contributed by atoms with van der Waals surface area (Å²) in [5.41, 5.74) is 4.41. The zero-order valence-electron chi connectivity index (χ0n) is 17.2. The van der Waals surface area contributed by atoms with Crippen LogP contribution in [0.1, 0.15) is 27.0 Å². The molecule has 1 heterocycles. The Hall–Kier alpha value is -3.60. The molecule has 0 aliphatic carbocycles. The van der Waals surface area contributed by atoms with Gasteiger partial charge in [-0.2, -0.15) is 0 Å². The molecule has 5 heteroatoms. The highest BCUT2D eigenvalue weighted by atomic mass is 16.5. The Balaban J connectivity index is 1.58. The number of hydrogen-bond donors (Lipinski definition) is 0. The van der Waals surface area contributed by atoms with Crippen LogP contribution in [0.5, 0.6) is 5.75 Å². The monoisotopic (exact) mass is 400 g/mol. The number of hydrogen-bond acceptors (Lipinski definition) is 3. The van der Waals surface area contributed by atoms with E-state index in [9.17, 15) is 9.59 Å². The summed E-state index contributed by atoms with van der Waals surface area (Å²) in [7, 11) is 1.78. The number of aryl methyl sites for hydroxylation is 1. The van der Waals surface area contributed by atoms with E-state index >= 15 is 0 Å². The fourth-order valence-electron chi connectivity index (χ4n) is 3.53. The summed E-state index contributed by atoms with van der Waals surface area (Å²) < 4.78 is 5.60. The van der Waals surface area contributed by atoms with E-state index in [4.69, 9.17) is 4.74 Å². The number of rotatable bonds is 5. The van der Waals surface area contributed by atoms with Crippen molar-refractivity contribution < 1.29 is 14.3 Å². The normalized spacial score (nSPS) is 12.9. The van der Waals surface area contributed by atoms with E-state index in [-0.39, 0.29) is 18.4 Å². The molecule has 0 saturated heterocycles. The molecule has 0 radical (unpaired) electrons. The molecule has 2 amide bonds. The SMILES string of the molecule is Cc1ccc(CN2C(=O)COc3ccc(C(=O)N(C)Cc4ccccc4)cc32)cc1. The molecular weight excluding hydrogens is 376 g/mol. The van der Waals surface area contributed by atoms with Crippen LogP contribution >= 0.6 is 0 Å². The smallest absolute Gasteiger partial charge is 0.265 e. The van der Waals surface area contributed by atoms with Crippen LogP contribution in [-0.4, -0.2) is 30.4 Å². The summed E-state index contributed by atoms with van der Waals surface area (Å²) in [5, 5.41) is 0. The van der Waals surface area contributed by atoms with Gasteiger partial charge in [0.25, 0.3) is 11.8 Å². The van der Waals surface area contributed by atoms with Crippen molar-refractivity contribution in [3.63, 3.8) is 0 Å². The number of fused-ring (bicyclic) bond motifs is 1. The lowest BCUT2D eigenvalue weighted by Gasteiger charge is -2.30. The second-order valence-corrected chi connectivity index (χ2v) is 7.58. The van der Waals surface area contributed by atoms with Crippen molar-refractivity contribution in [3.05, 3.63) is 95.1 Å². The van der Waals surface area contributed by atoms with Crippen molar-refractivity contribution >= 4 is 17.5 Å². The van der Waals surface area contributed by atoms with E-state index in [1.54, 1.807) is 35.0 Å². The summed E-state index contributed by atoms with van der Waals surface area (Å²) in [6.45, 7) is 2.98. The van der Waals surface area contributed by atoms with Gasteiger partial charge in [0, 0.05) is 19.2 Å². The second kappa shape index (κ2) is 8.41. The highest BCUT2D eigenvalue weighted by Crippen LogP contribution is 2.34. The molecule has 4 rings (SSSR count). The fourth-order valence-corrected chi connectivity index (χ4v) is 3.53. The fraction of sp³-hybridized carbons (Fsp3) is 0.200. The van der Waals surface area contributed by atoms with Crippen molar-refractivity contribution in [2.45, 2.75) is 20.0 Å². The van der Waals surface area contributed by atoms with E-state index in [1.807, 2.05) is 61.5 Å². The molecule has 0 bridgehead atoms. The standard InChI is InChI=1S/C25H24N2O3/c1-18-8-10-20(11-9-18)16-27-22-14-21(12-13-23(22)30-17-24(27)28)25(29)26(2)15-19-6-4-3-5-7-19/h3-14H,15-17H2,1-2H3. The van der Waals surface area contributed by atoms with Crippen molar-refractivity contribution in [2.75, 3.05) is 18.6 Å². The molecule has 3 aromatic carbocycles. The van der Waals surface area contributed by atoms with Gasteiger partial charge in [-0.05, 0) is 36.2 Å².